The molecule has 8 nitrogen and oxygen atoms in total. The highest BCUT2D eigenvalue weighted by atomic mass is 19.1. The van der Waals surface area contributed by atoms with E-state index in [1.165, 1.54) is 10.7 Å². The smallest absolute Gasteiger partial charge is 0.200 e. The molecule has 0 atom stereocenters. The summed E-state index contributed by atoms with van der Waals surface area (Å²) in [4.78, 5) is 3.92. The van der Waals surface area contributed by atoms with Crippen LogP contribution in [0.25, 0.3) is 11.3 Å². The number of benzene rings is 1. The summed E-state index contributed by atoms with van der Waals surface area (Å²) in [7, 11) is 0. The van der Waals surface area contributed by atoms with Crippen molar-refractivity contribution in [2.24, 2.45) is 0 Å². The number of imidazole rings is 1. The fourth-order valence-corrected chi connectivity index (χ4v) is 2.21. The number of hydrogen-bond acceptors (Lipinski definition) is 6. The number of aromatic nitrogens is 7. The van der Waals surface area contributed by atoms with Gasteiger partial charge in [0.15, 0.2) is 5.65 Å². The SMILES string of the molecule is Fc1cc(CNc2ccc3nnnn3n2)ccc1-n1ccnc1. The van der Waals surface area contributed by atoms with Crippen molar-refractivity contribution in [1.29, 1.82) is 0 Å². The maximum atomic E-state index is 14.2. The Bertz CT molecular complexity index is 946. The van der Waals surface area contributed by atoms with Crippen LogP contribution in [-0.2, 0) is 6.54 Å². The number of nitrogens with zero attached hydrogens (tertiary/aromatic N) is 7. The summed E-state index contributed by atoms with van der Waals surface area (Å²) in [6.45, 7) is 0.432. The largest absolute Gasteiger partial charge is 0.365 e. The summed E-state index contributed by atoms with van der Waals surface area (Å²) >= 11 is 0. The first-order chi connectivity index (χ1) is 11.3. The molecule has 0 saturated heterocycles. The van der Waals surface area contributed by atoms with E-state index in [9.17, 15) is 4.39 Å². The molecule has 0 amide bonds. The van der Waals surface area contributed by atoms with E-state index in [-0.39, 0.29) is 5.82 Å². The summed E-state index contributed by atoms with van der Waals surface area (Å²) in [5.41, 5.74) is 1.82. The van der Waals surface area contributed by atoms with Gasteiger partial charge in [-0.1, -0.05) is 6.07 Å². The molecular weight excluding hydrogens is 299 g/mol. The minimum Gasteiger partial charge on any atom is -0.365 e. The minimum absolute atomic E-state index is 0.314. The molecule has 0 fully saturated rings. The molecule has 4 aromatic rings. The number of fused-ring (bicyclic) bond motifs is 1. The molecule has 9 heteroatoms. The Morgan fingerprint density at radius 2 is 2.13 bits per heavy atom. The van der Waals surface area contributed by atoms with Gasteiger partial charge in [-0.3, -0.25) is 0 Å². The molecule has 3 aromatic heterocycles. The third kappa shape index (κ3) is 2.59. The second kappa shape index (κ2) is 5.44. The molecule has 1 N–H and O–H groups in total. The Morgan fingerprint density at radius 3 is 2.96 bits per heavy atom. The lowest BCUT2D eigenvalue weighted by atomic mass is 10.2. The van der Waals surface area contributed by atoms with Gasteiger partial charge in [-0.05, 0) is 40.3 Å². The zero-order chi connectivity index (χ0) is 15.6. The first-order valence-electron chi connectivity index (χ1n) is 6.86. The lowest BCUT2D eigenvalue weighted by Crippen LogP contribution is -2.05. The summed E-state index contributed by atoms with van der Waals surface area (Å²) in [6.07, 6.45) is 4.86. The fourth-order valence-electron chi connectivity index (χ4n) is 2.21. The standard InChI is InChI=1S/C14H11FN8/c15-11-7-10(1-2-12(11)22-6-5-16-9-22)8-17-13-3-4-14-18-20-21-23(14)19-13/h1-7,9H,8H2,(H,17,19). The Hall–Kier alpha value is -3.36. The van der Waals surface area contributed by atoms with Gasteiger partial charge in [-0.2, -0.15) is 0 Å². The van der Waals surface area contributed by atoms with E-state index < -0.39 is 0 Å². The van der Waals surface area contributed by atoms with E-state index >= 15 is 0 Å². The molecule has 1 aromatic carbocycles. The van der Waals surface area contributed by atoms with E-state index in [4.69, 9.17) is 0 Å². The molecule has 0 aliphatic heterocycles. The number of rotatable bonds is 4. The minimum atomic E-state index is -0.314. The third-order valence-corrected chi connectivity index (χ3v) is 3.34. The average molecular weight is 310 g/mol. The Labute approximate surface area is 129 Å². The molecule has 0 saturated carbocycles. The van der Waals surface area contributed by atoms with E-state index in [0.29, 0.717) is 23.7 Å². The van der Waals surface area contributed by atoms with E-state index in [1.807, 2.05) is 6.07 Å². The van der Waals surface area contributed by atoms with Gasteiger partial charge in [-0.25, -0.2) is 9.37 Å². The number of anilines is 1. The molecule has 0 aliphatic rings. The summed E-state index contributed by atoms with van der Waals surface area (Å²) < 4.78 is 17.1. The molecule has 0 spiro atoms. The van der Waals surface area contributed by atoms with Gasteiger partial charge in [0.1, 0.15) is 11.6 Å². The first-order valence-corrected chi connectivity index (χ1v) is 6.86. The van der Waals surface area contributed by atoms with E-state index in [0.717, 1.165) is 5.56 Å². The number of tetrazole rings is 1. The highest BCUT2D eigenvalue weighted by Crippen LogP contribution is 2.16. The van der Waals surface area contributed by atoms with Crippen molar-refractivity contribution in [2.75, 3.05) is 5.32 Å². The zero-order valence-electron chi connectivity index (χ0n) is 11.8. The highest BCUT2D eigenvalue weighted by Gasteiger charge is 2.06. The normalized spacial score (nSPS) is 11.0. The summed E-state index contributed by atoms with van der Waals surface area (Å²) in [6, 6.07) is 8.56. The van der Waals surface area contributed by atoms with Crippen LogP contribution in [0, 0.1) is 5.82 Å². The Morgan fingerprint density at radius 1 is 1.17 bits per heavy atom. The maximum Gasteiger partial charge on any atom is 0.200 e. The van der Waals surface area contributed by atoms with Crippen LogP contribution in [0.3, 0.4) is 0 Å². The van der Waals surface area contributed by atoms with Crippen LogP contribution in [0.4, 0.5) is 10.2 Å². The molecule has 3 heterocycles. The van der Waals surface area contributed by atoms with Gasteiger partial charge in [0, 0.05) is 18.9 Å². The first kappa shape index (κ1) is 13.3. The van der Waals surface area contributed by atoms with Crippen LogP contribution in [-0.4, -0.2) is 34.8 Å². The van der Waals surface area contributed by atoms with Crippen molar-refractivity contribution in [3.05, 3.63) is 60.4 Å². The monoisotopic (exact) mass is 310 g/mol. The van der Waals surface area contributed by atoms with Crippen molar-refractivity contribution >= 4 is 11.5 Å². The second-order valence-electron chi connectivity index (χ2n) is 4.85. The van der Waals surface area contributed by atoms with Crippen molar-refractivity contribution in [2.45, 2.75) is 6.54 Å². The van der Waals surface area contributed by atoms with Gasteiger partial charge in [-0.15, -0.1) is 14.8 Å². The van der Waals surface area contributed by atoms with E-state index in [1.54, 1.807) is 41.5 Å². The molecule has 114 valence electrons. The lowest BCUT2D eigenvalue weighted by molar-refractivity contribution is 0.616. The molecule has 0 bridgehead atoms. The predicted octanol–water partition coefficient (Wildman–Crippen LogP) is 1.46. The Kier molecular flexibility index (Phi) is 3.15. The molecule has 4 rings (SSSR count). The third-order valence-electron chi connectivity index (χ3n) is 3.34. The van der Waals surface area contributed by atoms with Crippen molar-refractivity contribution in [1.82, 2.24) is 34.8 Å². The van der Waals surface area contributed by atoms with Crippen LogP contribution in [0.1, 0.15) is 5.56 Å². The molecular formula is C14H11FN8. The lowest BCUT2D eigenvalue weighted by Gasteiger charge is -2.08. The maximum absolute atomic E-state index is 14.2. The van der Waals surface area contributed by atoms with Gasteiger partial charge >= 0.3 is 0 Å². The molecule has 0 radical (unpaired) electrons. The number of halogens is 1. The zero-order valence-corrected chi connectivity index (χ0v) is 11.8. The topological polar surface area (TPSA) is 85.8 Å². The van der Waals surface area contributed by atoms with Crippen LogP contribution >= 0.6 is 0 Å². The average Bonchev–Trinajstić information content (AvgIpc) is 3.24. The Balaban J connectivity index is 1.51. The number of nitrogens with one attached hydrogen (secondary N) is 1. The summed E-state index contributed by atoms with van der Waals surface area (Å²) in [5, 5.41) is 18.3. The van der Waals surface area contributed by atoms with Crippen LogP contribution in [0.5, 0.6) is 0 Å². The van der Waals surface area contributed by atoms with Crippen LogP contribution < -0.4 is 5.32 Å². The quantitative estimate of drug-likeness (QED) is 0.614. The van der Waals surface area contributed by atoms with Crippen molar-refractivity contribution in [3.63, 3.8) is 0 Å². The number of hydrogen-bond donors (Lipinski definition) is 1. The van der Waals surface area contributed by atoms with E-state index in [2.05, 4.69) is 30.9 Å². The van der Waals surface area contributed by atoms with Crippen molar-refractivity contribution < 1.29 is 4.39 Å². The van der Waals surface area contributed by atoms with Gasteiger partial charge in [0.25, 0.3) is 0 Å². The highest BCUT2D eigenvalue weighted by molar-refractivity contribution is 5.43. The van der Waals surface area contributed by atoms with Crippen LogP contribution in [0.2, 0.25) is 0 Å². The molecule has 23 heavy (non-hydrogen) atoms. The van der Waals surface area contributed by atoms with Gasteiger partial charge in [0.05, 0.1) is 12.0 Å². The molecule has 0 aliphatic carbocycles. The fraction of sp³-hybridized carbons (Fsp3) is 0.0714. The van der Waals surface area contributed by atoms with Gasteiger partial charge in [0.2, 0.25) is 0 Å². The summed E-state index contributed by atoms with van der Waals surface area (Å²) in [5.74, 6) is 0.287. The van der Waals surface area contributed by atoms with Crippen molar-refractivity contribution in [3.8, 4) is 5.69 Å². The second-order valence-corrected chi connectivity index (χ2v) is 4.85. The molecule has 0 unspecified atom stereocenters. The van der Waals surface area contributed by atoms with Crippen LogP contribution in [0.15, 0.2) is 49.1 Å². The van der Waals surface area contributed by atoms with Gasteiger partial charge < -0.3 is 9.88 Å². The predicted molar refractivity (Wildman–Crippen MR) is 79.4 cm³/mol.